The molecule has 0 aliphatic heterocycles. The quantitative estimate of drug-likeness (QED) is 0.674. The molecule has 2 aromatic carbocycles. The lowest BCUT2D eigenvalue weighted by Crippen LogP contribution is -2.03. The fourth-order valence-corrected chi connectivity index (χ4v) is 3.51. The van der Waals surface area contributed by atoms with Crippen LogP contribution in [-0.4, -0.2) is 11.6 Å². The van der Waals surface area contributed by atoms with Gasteiger partial charge < -0.3 is 10.2 Å². The Morgan fingerprint density at radius 3 is 2.67 bits per heavy atom. The fourth-order valence-electron chi connectivity index (χ4n) is 3.02. The Balaban J connectivity index is 1.87. The number of rotatable bonds is 2. The standard InChI is InChI=1S/C18H11Cl2NO3/c19-9-2-3-10(13(20)6-9)17(23)18-16(21)12-7-11-8(1-4-14(11)22)5-15(12)24-18/h2-3,5-7H,1,4,21H2. The van der Waals surface area contributed by atoms with Crippen molar-refractivity contribution in [1.29, 1.82) is 0 Å². The molecule has 0 fully saturated rings. The van der Waals surface area contributed by atoms with Crippen molar-refractivity contribution >= 4 is 51.4 Å². The van der Waals surface area contributed by atoms with Gasteiger partial charge in [0.2, 0.25) is 5.78 Å². The summed E-state index contributed by atoms with van der Waals surface area (Å²) >= 11 is 12.0. The van der Waals surface area contributed by atoms with Gasteiger partial charge in [-0.05, 0) is 42.3 Å². The van der Waals surface area contributed by atoms with Crippen LogP contribution >= 0.6 is 23.2 Å². The summed E-state index contributed by atoms with van der Waals surface area (Å²) in [7, 11) is 0. The molecule has 0 bridgehead atoms. The fraction of sp³-hybridized carbons (Fsp3) is 0.111. The number of fused-ring (bicyclic) bond motifs is 2. The van der Waals surface area contributed by atoms with E-state index in [0.717, 1.165) is 5.56 Å². The summed E-state index contributed by atoms with van der Waals surface area (Å²) in [6.07, 6.45) is 1.17. The van der Waals surface area contributed by atoms with Crippen LogP contribution in [0.1, 0.15) is 38.5 Å². The summed E-state index contributed by atoms with van der Waals surface area (Å²) in [5.74, 6) is -0.316. The molecule has 24 heavy (non-hydrogen) atoms. The molecule has 0 saturated carbocycles. The molecule has 2 N–H and O–H groups in total. The Kier molecular flexibility index (Phi) is 3.41. The maximum Gasteiger partial charge on any atom is 0.231 e. The maximum atomic E-state index is 12.7. The molecule has 4 rings (SSSR count). The van der Waals surface area contributed by atoms with Crippen molar-refractivity contribution in [2.45, 2.75) is 12.8 Å². The van der Waals surface area contributed by atoms with E-state index in [0.29, 0.717) is 34.4 Å². The molecule has 4 nitrogen and oxygen atoms in total. The summed E-state index contributed by atoms with van der Waals surface area (Å²) in [5.41, 5.74) is 8.64. The SMILES string of the molecule is Nc1c(C(=O)c2ccc(Cl)cc2Cl)oc2cc3c(cc12)C(=O)CC3. The van der Waals surface area contributed by atoms with Gasteiger partial charge in [-0.3, -0.25) is 9.59 Å². The van der Waals surface area contributed by atoms with Gasteiger partial charge >= 0.3 is 0 Å². The van der Waals surface area contributed by atoms with E-state index in [1.807, 2.05) is 0 Å². The highest BCUT2D eigenvalue weighted by atomic mass is 35.5. The smallest absolute Gasteiger partial charge is 0.231 e. The number of hydrogen-bond acceptors (Lipinski definition) is 4. The molecule has 6 heteroatoms. The third-order valence-corrected chi connectivity index (χ3v) is 4.80. The average molecular weight is 360 g/mol. The normalized spacial score (nSPS) is 13.5. The van der Waals surface area contributed by atoms with Crippen molar-refractivity contribution in [1.82, 2.24) is 0 Å². The molecule has 1 aliphatic rings. The van der Waals surface area contributed by atoms with Gasteiger partial charge in [0.1, 0.15) is 5.58 Å². The van der Waals surface area contributed by atoms with Gasteiger partial charge in [0.05, 0.1) is 10.7 Å². The number of benzene rings is 2. The summed E-state index contributed by atoms with van der Waals surface area (Å²) < 4.78 is 5.68. The van der Waals surface area contributed by atoms with E-state index in [1.165, 1.54) is 12.1 Å². The highest BCUT2D eigenvalue weighted by molar-refractivity contribution is 6.37. The summed E-state index contributed by atoms with van der Waals surface area (Å²) in [5, 5.41) is 1.23. The molecule has 0 amide bonds. The molecular formula is C18H11Cl2NO3. The summed E-state index contributed by atoms with van der Waals surface area (Å²) in [4.78, 5) is 24.6. The number of anilines is 1. The van der Waals surface area contributed by atoms with Crippen molar-refractivity contribution < 1.29 is 14.0 Å². The molecule has 1 heterocycles. The zero-order valence-corrected chi connectivity index (χ0v) is 13.9. The van der Waals surface area contributed by atoms with Crippen LogP contribution in [0, 0.1) is 0 Å². The van der Waals surface area contributed by atoms with Gasteiger partial charge in [0, 0.05) is 28.0 Å². The molecule has 1 aromatic heterocycles. The Labute approximate surface area is 147 Å². The van der Waals surface area contributed by atoms with Crippen molar-refractivity contribution in [3.05, 3.63) is 62.8 Å². The van der Waals surface area contributed by atoms with Crippen LogP contribution in [-0.2, 0) is 6.42 Å². The minimum Gasteiger partial charge on any atom is -0.450 e. The average Bonchev–Trinajstić information content (AvgIpc) is 3.06. The van der Waals surface area contributed by atoms with Crippen LogP contribution in [0.3, 0.4) is 0 Å². The minimum absolute atomic E-state index is 0.0188. The number of hydrogen-bond donors (Lipinski definition) is 1. The lowest BCUT2D eigenvalue weighted by Gasteiger charge is -2.02. The Morgan fingerprint density at radius 2 is 1.92 bits per heavy atom. The monoisotopic (exact) mass is 359 g/mol. The number of nitrogens with two attached hydrogens (primary N) is 1. The third-order valence-electron chi connectivity index (χ3n) is 4.26. The molecular weight excluding hydrogens is 349 g/mol. The number of Topliss-reactive ketones (excluding diaryl/α,β-unsaturated/α-hetero) is 1. The number of halogens is 2. The van der Waals surface area contributed by atoms with Gasteiger partial charge in [-0.1, -0.05) is 23.2 Å². The Morgan fingerprint density at radius 1 is 1.12 bits per heavy atom. The van der Waals surface area contributed by atoms with Crippen LogP contribution < -0.4 is 5.73 Å². The molecule has 0 spiro atoms. The number of carbonyl (C=O) groups excluding carboxylic acids is 2. The predicted molar refractivity (Wildman–Crippen MR) is 93.2 cm³/mol. The van der Waals surface area contributed by atoms with Crippen molar-refractivity contribution in [3.63, 3.8) is 0 Å². The lowest BCUT2D eigenvalue weighted by molar-refractivity contribution is 0.0992. The summed E-state index contributed by atoms with van der Waals surface area (Å²) in [6, 6.07) is 8.09. The summed E-state index contributed by atoms with van der Waals surface area (Å²) in [6.45, 7) is 0. The number of nitrogen functional groups attached to an aromatic ring is 1. The van der Waals surface area contributed by atoms with Gasteiger partial charge in [0.25, 0.3) is 0 Å². The van der Waals surface area contributed by atoms with E-state index >= 15 is 0 Å². The Bertz CT molecular complexity index is 1040. The van der Waals surface area contributed by atoms with Gasteiger partial charge in [0.15, 0.2) is 11.5 Å². The van der Waals surface area contributed by atoms with E-state index < -0.39 is 5.78 Å². The molecule has 0 atom stereocenters. The molecule has 120 valence electrons. The predicted octanol–water partition coefficient (Wildman–Crippen LogP) is 4.68. The van der Waals surface area contributed by atoms with E-state index in [9.17, 15) is 9.59 Å². The molecule has 1 aliphatic carbocycles. The van der Waals surface area contributed by atoms with E-state index in [-0.39, 0.29) is 27.8 Å². The van der Waals surface area contributed by atoms with Crippen LogP contribution in [0.4, 0.5) is 5.69 Å². The highest BCUT2D eigenvalue weighted by Crippen LogP contribution is 2.36. The van der Waals surface area contributed by atoms with Crippen LogP contribution in [0.2, 0.25) is 10.0 Å². The van der Waals surface area contributed by atoms with Gasteiger partial charge in [-0.15, -0.1) is 0 Å². The number of carbonyl (C=O) groups is 2. The van der Waals surface area contributed by atoms with Crippen LogP contribution in [0.25, 0.3) is 11.0 Å². The topological polar surface area (TPSA) is 73.3 Å². The van der Waals surface area contributed by atoms with E-state index in [2.05, 4.69) is 0 Å². The van der Waals surface area contributed by atoms with Crippen LogP contribution in [0.5, 0.6) is 0 Å². The minimum atomic E-state index is -0.420. The molecule has 0 radical (unpaired) electrons. The number of furan rings is 1. The van der Waals surface area contributed by atoms with Crippen molar-refractivity contribution in [3.8, 4) is 0 Å². The first-order chi connectivity index (χ1) is 11.5. The van der Waals surface area contributed by atoms with Crippen molar-refractivity contribution in [2.24, 2.45) is 0 Å². The zero-order valence-electron chi connectivity index (χ0n) is 12.4. The largest absolute Gasteiger partial charge is 0.450 e. The second kappa shape index (κ2) is 5.36. The first kappa shape index (κ1) is 15.2. The Hall–Kier alpha value is -2.30. The van der Waals surface area contributed by atoms with Gasteiger partial charge in [-0.2, -0.15) is 0 Å². The van der Waals surface area contributed by atoms with Crippen molar-refractivity contribution in [2.75, 3.05) is 5.73 Å². The molecule has 3 aromatic rings. The van der Waals surface area contributed by atoms with Gasteiger partial charge in [-0.25, -0.2) is 0 Å². The van der Waals surface area contributed by atoms with Crippen LogP contribution in [0.15, 0.2) is 34.7 Å². The van der Waals surface area contributed by atoms with E-state index in [1.54, 1.807) is 18.2 Å². The third kappa shape index (κ3) is 2.22. The molecule has 0 unspecified atom stereocenters. The van der Waals surface area contributed by atoms with E-state index in [4.69, 9.17) is 33.4 Å². The number of ketones is 2. The maximum absolute atomic E-state index is 12.7. The number of aryl methyl sites for hydroxylation is 1. The second-order valence-corrected chi connectivity index (χ2v) is 6.57. The second-order valence-electron chi connectivity index (χ2n) is 5.73. The lowest BCUT2D eigenvalue weighted by atomic mass is 10.0. The first-order valence-corrected chi connectivity index (χ1v) is 8.09. The zero-order chi connectivity index (χ0) is 17.0. The highest BCUT2D eigenvalue weighted by Gasteiger charge is 2.26. The molecule has 0 saturated heterocycles. The first-order valence-electron chi connectivity index (χ1n) is 7.33.